The van der Waals surface area contributed by atoms with Gasteiger partial charge in [0.05, 0.1) is 18.0 Å². The fourth-order valence-corrected chi connectivity index (χ4v) is 3.02. The highest BCUT2D eigenvalue weighted by Gasteiger charge is 2.19. The van der Waals surface area contributed by atoms with Gasteiger partial charge in [0.2, 0.25) is 0 Å². The van der Waals surface area contributed by atoms with Gasteiger partial charge in [-0.3, -0.25) is 4.79 Å². The molecular weight excluding hydrogens is 378 g/mol. The normalized spacial score (nSPS) is 10.5. The van der Waals surface area contributed by atoms with Crippen molar-refractivity contribution in [2.45, 2.75) is 20.8 Å². The van der Waals surface area contributed by atoms with Crippen LogP contribution in [0.5, 0.6) is 0 Å². The molecule has 30 heavy (non-hydrogen) atoms. The Balaban J connectivity index is 2.00. The number of nitrogens with one attached hydrogen (secondary N) is 1. The van der Waals surface area contributed by atoms with E-state index in [0.717, 1.165) is 28.1 Å². The van der Waals surface area contributed by atoms with E-state index in [1.807, 2.05) is 38.1 Å². The van der Waals surface area contributed by atoms with Crippen LogP contribution in [0, 0.1) is 6.92 Å². The minimum Gasteiger partial charge on any atom is -0.461 e. The maximum atomic E-state index is 12.3. The van der Waals surface area contributed by atoms with Crippen molar-refractivity contribution >= 4 is 11.9 Å². The molecule has 0 bridgehead atoms. The number of carbonyl (C=O) groups is 2. The quantitative estimate of drug-likeness (QED) is 0.471. The lowest BCUT2D eigenvalue weighted by atomic mass is 10.1. The van der Waals surface area contributed by atoms with Crippen LogP contribution in [-0.2, 0) is 4.74 Å². The summed E-state index contributed by atoms with van der Waals surface area (Å²) in [6, 6.07) is 16.7. The third-order valence-electron chi connectivity index (χ3n) is 4.54. The molecule has 3 rings (SSSR count). The van der Waals surface area contributed by atoms with Gasteiger partial charge in [-0.15, -0.1) is 0 Å². The van der Waals surface area contributed by atoms with Crippen molar-refractivity contribution in [1.29, 1.82) is 0 Å². The summed E-state index contributed by atoms with van der Waals surface area (Å²) in [5.74, 6) is -0.641. The lowest BCUT2D eigenvalue weighted by Gasteiger charge is -2.11. The van der Waals surface area contributed by atoms with E-state index in [0.29, 0.717) is 12.1 Å². The predicted octanol–water partition coefficient (Wildman–Crippen LogP) is 4.33. The van der Waals surface area contributed by atoms with E-state index in [-0.39, 0.29) is 18.2 Å². The standard InChI is InChI=1S/C24H25N3O3/c1-5-30-24(29)21-14-22(20-9-7-6-8-17(20)4)27(26-21)19-12-10-18(11-13-19)23(28)25-15-16(2)3/h6-14H,2,5,15H2,1,3-4H3,(H,25,28). The number of aromatic nitrogens is 2. The van der Waals surface area contributed by atoms with Gasteiger partial charge in [0.15, 0.2) is 5.69 Å². The zero-order chi connectivity index (χ0) is 21.7. The molecule has 2 aromatic carbocycles. The SMILES string of the molecule is C=C(C)CNC(=O)c1ccc(-n2nc(C(=O)OCC)cc2-c2ccccc2C)cc1. The van der Waals surface area contributed by atoms with Crippen LogP contribution in [-0.4, -0.2) is 34.8 Å². The molecule has 0 saturated heterocycles. The number of benzene rings is 2. The largest absolute Gasteiger partial charge is 0.461 e. The van der Waals surface area contributed by atoms with Gasteiger partial charge in [-0.1, -0.05) is 36.4 Å². The first-order chi connectivity index (χ1) is 14.4. The molecule has 0 saturated carbocycles. The highest BCUT2D eigenvalue weighted by molar-refractivity contribution is 5.94. The van der Waals surface area contributed by atoms with E-state index in [1.165, 1.54) is 0 Å². The molecule has 0 aliphatic heterocycles. The van der Waals surface area contributed by atoms with E-state index in [1.54, 1.807) is 41.9 Å². The van der Waals surface area contributed by atoms with Crippen LogP contribution >= 0.6 is 0 Å². The number of carbonyl (C=O) groups excluding carboxylic acids is 2. The summed E-state index contributed by atoms with van der Waals surface area (Å²) in [6.07, 6.45) is 0. The minimum absolute atomic E-state index is 0.170. The maximum absolute atomic E-state index is 12.3. The Morgan fingerprint density at radius 2 is 1.83 bits per heavy atom. The number of nitrogens with zero attached hydrogens (tertiary/aromatic N) is 2. The molecule has 154 valence electrons. The first-order valence-electron chi connectivity index (χ1n) is 9.77. The van der Waals surface area contributed by atoms with Crippen LogP contribution in [0.25, 0.3) is 16.9 Å². The summed E-state index contributed by atoms with van der Waals surface area (Å²) in [5.41, 5.74) is 5.18. The van der Waals surface area contributed by atoms with Crippen LogP contribution in [0.1, 0.15) is 40.3 Å². The van der Waals surface area contributed by atoms with Crippen LogP contribution in [0.4, 0.5) is 0 Å². The summed E-state index contributed by atoms with van der Waals surface area (Å²) in [6.45, 7) is 10.1. The highest BCUT2D eigenvalue weighted by atomic mass is 16.5. The second-order valence-electron chi connectivity index (χ2n) is 7.05. The minimum atomic E-state index is -0.470. The fraction of sp³-hybridized carbons (Fsp3) is 0.208. The van der Waals surface area contributed by atoms with Crippen LogP contribution in [0.15, 0.2) is 66.7 Å². The number of esters is 1. The predicted molar refractivity (Wildman–Crippen MR) is 117 cm³/mol. The number of hydrogen-bond acceptors (Lipinski definition) is 4. The molecule has 6 heteroatoms. The van der Waals surface area contributed by atoms with E-state index in [2.05, 4.69) is 17.0 Å². The topological polar surface area (TPSA) is 73.2 Å². The number of hydrogen-bond donors (Lipinski definition) is 1. The molecule has 0 atom stereocenters. The molecule has 0 aliphatic carbocycles. The Hall–Kier alpha value is -3.67. The second kappa shape index (κ2) is 9.22. The second-order valence-corrected chi connectivity index (χ2v) is 7.05. The first kappa shape index (κ1) is 21.0. The molecular formula is C24H25N3O3. The van der Waals surface area contributed by atoms with Gasteiger partial charge >= 0.3 is 5.97 Å². The lowest BCUT2D eigenvalue weighted by Crippen LogP contribution is -2.24. The van der Waals surface area contributed by atoms with Crippen molar-refractivity contribution in [3.63, 3.8) is 0 Å². The Morgan fingerprint density at radius 1 is 1.13 bits per heavy atom. The van der Waals surface area contributed by atoms with Crippen LogP contribution in [0.2, 0.25) is 0 Å². The summed E-state index contributed by atoms with van der Waals surface area (Å²) in [4.78, 5) is 24.5. The average molecular weight is 403 g/mol. The lowest BCUT2D eigenvalue weighted by molar-refractivity contribution is 0.0519. The monoisotopic (exact) mass is 403 g/mol. The van der Waals surface area contributed by atoms with Gasteiger partial charge in [-0.2, -0.15) is 5.10 Å². The fourth-order valence-electron chi connectivity index (χ4n) is 3.02. The summed E-state index contributed by atoms with van der Waals surface area (Å²) >= 11 is 0. The molecule has 0 spiro atoms. The first-order valence-corrected chi connectivity index (χ1v) is 9.77. The number of aryl methyl sites for hydroxylation is 1. The van der Waals surface area contributed by atoms with Gasteiger partial charge < -0.3 is 10.1 Å². The maximum Gasteiger partial charge on any atom is 0.358 e. The molecule has 1 aromatic heterocycles. The molecule has 0 radical (unpaired) electrons. The molecule has 1 amide bonds. The Labute approximate surface area is 176 Å². The summed E-state index contributed by atoms with van der Waals surface area (Å²) in [5, 5.41) is 7.29. The molecule has 3 aromatic rings. The Morgan fingerprint density at radius 3 is 2.47 bits per heavy atom. The van der Waals surface area contributed by atoms with Crippen molar-refractivity contribution in [1.82, 2.24) is 15.1 Å². The molecule has 1 N–H and O–H groups in total. The number of ether oxygens (including phenoxy) is 1. The third-order valence-corrected chi connectivity index (χ3v) is 4.54. The molecule has 6 nitrogen and oxygen atoms in total. The van der Waals surface area contributed by atoms with Crippen LogP contribution in [0.3, 0.4) is 0 Å². The molecule has 0 fully saturated rings. The van der Waals surface area contributed by atoms with Gasteiger partial charge in [0, 0.05) is 17.7 Å². The van der Waals surface area contributed by atoms with Crippen molar-refractivity contribution in [2.75, 3.05) is 13.2 Å². The summed E-state index contributed by atoms with van der Waals surface area (Å²) < 4.78 is 6.82. The number of rotatable bonds is 7. The van der Waals surface area contributed by atoms with Crippen molar-refractivity contribution in [3.05, 3.63) is 83.6 Å². The third kappa shape index (κ3) is 4.66. The Bertz CT molecular complexity index is 1080. The zero-order valence-electron chi connectivity index (χ0n) is 17.4. The van der Waals surface area contributed by atoms with Gasteiger partial charge in [-0.25, -0.2) is 9.48 Å². The van der Waals surface area contributed by atoms with E-state index < -0.39 is 5.97 Å². The smallest absolute Gasteiger partial charge is 0.358 e. The van der Waals surface area contributed by atoms with E-state index in [9.17, 15) is 9.59 Å². The van der Waals surface area contributed by atoms with Gasteiger partial charge in [0.1, 0.15) is 0 Å². The zero-order valence-corrected chi connectivity index (χ0v) is 17.4. The van der Waals surface area contributed by atoms with Crippen molar-refractivity contribution in [2.24, 2.45) is 0 Å². The molecule has 1 heterocycles. The summed E-state index contributed by atoms with van der Waals surface area (Å²) in [7, 11) is 0. The molecule has 0 unspecified atom stereocenters. The highest BCUT2D eigenvalue weighted by Crippen LogP contribution is 2.27. The van der Waals surface area contributed by atoms with E-state index in [4.69, 9.17) is 4.74 Å². The van der Waals surface area contributed by atoms with E-state index >= 15 is 0 Å². The Kier molecular flexibility index (Phi) is 6.47. The average Bonchev–Trinajstić information content (AvgIpc) is 3.18. The number of amides is 1. The molecule has 0 aliphatic rings. The van der Waals surface area contributed by atoms with Crippen molar-refractivity contribution < 1.29 is 14.3 Å². The van der Waals surface area contributed by atoms with Gasteiger partial charge in [0.25, 0.3) is 5.91 Å². The van der Waals surface area contributed by atoms with Gasteiger partial charge in [-0.05, 0) is 56.7 Å². The van der Waals surface area contributed by atoms with Crippen molar-refractivity contribution in [3.8, 4) is 16.9 Å². The van der Waals surface area contributed by atoms with Crippen LogP contribution < -0.4 is 5.32 Å².